The van der Waals surface area contributed by atoms with E-state index in [9.17, 15) is 4.79 Å². The van der Waals surface area contributed by atoms with Crippen molar-refractivity contribution in [3.63, 3.8) is 0 Å². The zero-order valence-corrected chi connectivity index (χ0v) is 9.04. The second-order valence-corrected chi connectivity index (χ2v) is 3.61. The van der Waals surface area contributed by atoms with E-state index in [4.69, 9.17) is 11.6 Å². The van der Waals surface area contributed by atoms with Crippen LogP contribution in [0.25, 0.3) is 0 Å². The second kappa shape index (κ2) is 5.01. The summed E-state index contributed by atoms with van der Waals surface area (Å²) in [5, 5.41) is 0.698. The summed E-state index contributed by atoms with van der Waals surface area (Å²) < 4.78 is 4.60. The summed E-state index contributed by atoms with van der Waals surface area (Å²) in [5.74, 6) is -0.117. The minimum atomic E-state index is -0.211. The summed E-state index contributed by atoms with van der Waals surface area (Å²) in [4.78, 5) is 11.0. The Kier molecular flexibility index (Phi) is 3.96. The van der Waals surface area contributed by atoms with Crippen molar-refractivity contribution >= 4 is 17.6 Å². The number of ether oxygens (including phenoxy) is 1. The van der Waals surface area contributed by atoms with Crippen molar-refractivity contribution in [3.8, 4) is 0 Å². The molecule has 1 aromatic carbocycles. The number of methoxy groups -OCH3 is 1. The van der Waals surface area contributed by atoms with Gasteiger partial charge in [-0.15, -0.1) is 0 Å². The highest BCUT2D eigenvalue weighted by molar-refractivity contribution is 6.31. The van der Waals surface area contributed by atoms with Crippen LogP contribution in [-0.4, -0.2) is 13.1 Å². The first-order valence-electron chi connectivity index (χ1n) is 4.46. The fourth-order valence-electron chi connectivity index (χ4n) is 1.32. The Labute approximate surface area is 88.8 Å². The number of carbonyl (C=O) groups excluding carboxylic acids is 1. The summed E-state index contributed by atoms with van der Waals surface area (Å²) in [7, 11) is 1.39. The van der Waals surface area contributed by atoms with Crippen LogP contribution in [0, 0.1) is 0 Å². The van der Waals surface area contributed by atoms with Crippen LogP contribution in [0.15, 0.2) is 24.3 Å². The zero-order valence-electron chi connectivity index (χ0n) is 8.29. The van der Waals surface area contributed by atoms with E-state index in [2.05, 4.69) is 4.74 Å². The molecule has 14 heavy (non-hydrogen) atoms. The van der Waals surface area contributed by atoms with Crippen LogP contribution in [0.3, 0.4) is 0 Å². The van der Waals surface area contributed by atoms with E-state index >= 15 is 0 Å². The molecule has 0 aliphatic carbocycles. The zero-order chi connectivity index (χ0) is 10.6. The van der Waals surface area contributed by atoms with Crippen LogP contribution in [-0.2, 0) is 9.53 Å². The number of hydrogen-bond acceptors (Lipinski definition) is 2. The Bertz CT molecular complexity index is 323. The molecule has 0 amide bonds. The highest BCUT2D eigenvalue weighted by Gasteiger charge is 2.13. The molecule has 0 aliphatic heterocycles. The minimum absolute atomic E-state index is 0.0937. The van der Waals surface area contributed by atoms with Crippen molar-refractivity contribution in [1.29, 1.82) is 0 Å². The Balaban J connectivity index is 2.74. The molecule has 2 nitrogen and oxygen atoms in total. The van der Waals surface area contributed by atoms with Crippen molar-refractivity contribution < 1.29 is 9.53 Å². The summed E-state index contributed by atoms with van der Waals surface area (Å²) in [5.41, 5.74) is 0.986. The Hall–Kier alpha value is -1.02. The SMILES string of the molecule is COC(=O)CC(C)c1ccccc1Cl. The van der Waals surface area contributed by atoms with E-state index in [1.165, 1.54) is 7.11 Å². The van der Waals surface area contributed by atoms with E-state index in [1.807, 2.05) is 31.2 Å². The van der Waals surface area contributed by atoms with E-state index in [0.717, 1.165) is 5.56 Å². The number of hydrogen-bond donors (Lipinski definition) is 0. The molecule has 1 atom stereocenters. The van der Waals surface area contributed by atoms with Crippen LogP contribution in [0.4, 0.5) is 0 Å². The van der Waals surface area contributed by atoms with Gasteiger partial charge in [-0.25, -0.2) is 0 Å². The summed E-state index contributed by atoms with van der Waals surface area (Å²) >= 11 is 5.99. The lowest BCUT2D eigenvalue weighted by molar-refractivity contribution is -0.140. The molecular formula is C11H13ClO2. The molecule has 1 unspecified atom stereocenters. The van der Waals surface area contributed by atoms with Gasteiger partial charge in [-0.1, -0.05) is 36.7 Å². The van der Waals surface area contributed by atoms with Crippen LogP contribution in [0.1, 0.15) is 24.8 Å². The Morgan fingerprint density at radius 3 is 2.71 bits per heavy atom. The first-order chi connectivity index (χ1) is 6.65. The molecule has 0 heterocycles. The molecule has 0 radical (unpaired) electrons. The fourth-order valence-corrected chi connectivity index (χ4v) is 1.64. The van der Waals surface area contributed by atoms with Crippen LogP contribution < -0.4 is 0 Å². The molecular weight excluding hydrogens is 200 g/mol. The van der Waals surface area contributed by atoms with Gasteiger partial charge < -0.3 is 4.74 Å². The lowest BCUT2D eigenvalue weighted by atomic mass is 9.98. The molecule has 0 spiro atoms. The first-order valence-corrected chi connectivity index (χ1v) is 4.84. The highest BCUT2D eigenvalue weighted by Crippen LogP contribution is 2.26. The van der Waals surface area contributed by atoms with Gasteiger partial charge in [0.25, 0.3) is 0 Å². The third-order valence-corrected chi connectivity index (χ3v) is 2.48. The summed E-state index contributed by atoms with van der Waals surface area (Å²) in [6, 6.07) is 7.53. The topological polar surface area (TPSA) is 26.3 Å². The third-order valence-electron chi connectivity index (χ3n) is 2.14. The van der Waals surface area contributed by atoms with Crippen molar-refractivity contribution in [1.82, 2.24) is 0 Å². The molecule has 0 fully saturated rings. The lowest BCUT2D eigenvalue weighted by Gasteiger charge is -2.11. The van der Waals surface area contributed by atoms with Gasteiger partial charge in [-0.05, 0) is 17.5 Å². The van der Waals surface area contributed by atoms with Gasteiger partial charge in [0, 0.05) is 5.02 Å². The summed E-state index contributed by atoms with van der Waals surface area (Å²) in [6.07, 6.45) is 0.361. The van der Waals surface area contributed by atoms with Gasteiger partial charge in [0.1, 0.15) is 0 Å². The maximum absolute atomic E-state index is 11.0. The molecule has 0 saturated heterocycles. The Morgan fingerprint density at radius 1 is 1.50 bits per heavy atom. The predicted molar refractivity (Wildman–Crippen MR) is 56.5 cm³/mol. The third kappa shape index (κ3) is 2.74. The average Bonchev–Trinajstić information content (AvgIpc) is 2.18. The standard InChI is InChI=1S/C11H13ClO2/c1-8(7-11(13)14-2)9-5-3-4-6-10(9)12/h3-6,8H,7H2,1-2H3. The second-order valence-electron chi connectivity index (χ2n) is 3.20. The molecule has 1 aromatic rings. The molecule has 0 aromatic heterocycles. The first kappa shape index (κ1) is 11.1. The van der Waals surface area contributed by atoms with Gasteiger partial charge in [-0.2, -0.15) is 0 Å². The highest BCUT2D eigenvalue weighted by atomic mass is 35.5. The van der Waals surface area contributed by atoms with Crippen molar-refractivity contribution in [2.24, 2.45) is 0 Å². The molecule has 3 heteroatoms. The van der Waals surface area contributed by atoms with Gasteiger partial charge in [0.2, 0.25) is 0 Å². The lowest BCUT2D eigenvalue weighted by Crippen LogP contribution is -2.06. The largest absolute Gasteiger partial charge is 0.469 e. The van der Waals surface area contributed by atoms with E-state index in [-0.39, 0.29) is 11.9 Å². The van der Waals surface area contributed by atoms with Gasteiger partial charge in [0.15, 0.2) is 0 Å². The van der Waals surface area contributed by atoms with Crippen LogP contribution >= 0.6 is 11.6 Å². The Morgan fingerprint density at radius 2 is 2.14 bits per heavy atom. The summed E-state index contributed by atoms with van der Waals surface area (Å²) in [6.45, 7) is 1.96. The number of esters is 1. The van der Waals surface area contributed by atoms with E-state index in [1.54, 1.807) is 0 Å². The van der Waals surface area contributed by atoms with E-state index in [0.29, 0.717) is 11.4 Å². The molecule has 0 saturated carbocycles. The minimum Gasteiger partial charge on any atom is -0.469 e. The van der Waals surface area contributed by atoms with Crippen LogP contribution in [0.5, 0.6) is 0 Å². The van der Waals surface area contributed by atoms with Crippen LogP contribution in [0.2, 0.25) is 5.02 Å². The molecule has 1 rings (SSSR count). The number of benzene rings is 1. The van der Waals surface area contributed by atoms with Crippen molar-refractivity contribution in [2.45, 2.75) is 19.3 Å². The normalized spacial score (nSPS) is 12.2. The molecule has 0 N–H and O–H groups in total. The smallest absolute Gasteiger partial charge is 0.306 e. The average molecular weight is 213 g/mol. The number of halogens is 1. The van der Waals surface area contributed by atoms with Crippen molar-refractivity contribution in [2.75, 3.05) is 7.11 Å². The number of rotatable bonds is 3. The molecule has 0 aliphatic rings. The van der Waals surface area contributed by atoms with E-state index < -0.39 is 0 Å². The predicted octanol–water partition coefficient (Wildman–Crippen LogP) is 3.01. The quantitative estimate of drug-likeness (QED) is 0.720. The van der Waals surface area contributed by atoms with Gasteiger partial charge >= 0.3 is 5.97 Å². The van der Waals surface area contributed by atoms with Crippen molar-refractivity contribution in [3.05, 3.63) is 34.9 Å². The number of carbonyl (C=O) groups is 1. The monoisotopic (exact) mass is 212 g/mol. The van der Waals surface area contributed by atoms with Gasteiger partial charge in [0.05, 0.1) is 13.5 Å². The fraction of sp³-hybridized carbons (Fsp3) is 0.364. The molecule has 76 valence electrons. The maximum atomic E-state index is 11.0. The maximum Gasteiger partial charge on any atom is 0.306 e. The van der Waals surface area contributed by atoms with Gasteiger partial charge in [-0.3, -0.25) is 4.79 Å². The molecule has 0 bridgehead atoms.